The maximum atomic E-state index is 12.9. The van der Waals surface area contributed by atoms with Crippen molar-refractivity contribution >= 4 is 17.9 Å². The summed E-state index contributed by atoms with van der Waals surface area (Å²) in [6, 6.07) is 0. The molecule has 0 aliphatic rings. The van der Waals surface area contributed by atoms with Crippen LogP contribution in [-0.2, 0) is 28.6 Å². The molecule has 464 valence electrons. The minimum Gasteiger partial charge on any atom is -0.462 e. The van der Waals surface area contributed by atoms with Crippen molar-refractivity contribution in [2.45, 2.75) is 431 Å². The Morgan fingerprint density at radius 1 is 0.205 bits per heavy atom. The fourth-order valence-corrected chi connectivity index (χ4v) is 11.5. The molecule has 0 rings (SSSR count). The van der Waals surface area contributed by atoms with Crippen LogP contribution in [0.4, 0.5) is 0 Å². The first-order valence-electron chi connectivity index (χ1n) is 36.0. The van der Waals surface area contributed by atoms with Crippen LogP contribution in [0.15, 0.2) is 0 Å². The van der Waals surface area contributed by atoms with Gasteiger partial charge < -0.3 is 14.2 Å². The highest BCUT2D eigenvalue weighted by molar-refractivity contribution is 5.71. The normalized spacial score (nSPS) is 11.9. The summed E-state index contributed by atoms with van der Waals surface area (Å²) in [5, 5.41) is 0. The van der Waals surface area contributed by atoms with E-state index < -0.39 is 6.10 Å². The van der Waals surface area contributed by atoms with Gasteiger partial charge in [0, 0.05) is 19.3 Å². The van der Waals surface area contributed by atoms with Gasteiger partial charge in [0.05, 0.1) is 0 Å². The number of carbonyl (C=O) groups excluding carboxylic acids is 3. The van der Waals surface area contributed by atoms with E-state index in [1.165, 1.54) is 327 Å². The number of rotatable bonds is 68. The second kappa shape index (κ2) is 67.9. The first-order valence-corrected chi connectivity index (χ1v) is 36.0. The van der Waals surface area contributed by atoms with Crippen molar-refractivity contribution in [2.75, 3.05) is 13.2 Å². The summed E-state index contributed by atoms with van der Waals surface area (Å²) in [7, 11) is 0. The average molecular weight is 1100 g/mol. The van der Waals surface area contributed by atoms with Crippen molar-refractivity contribution in [3.63, 3.8) is 0 Å². The molecule has 6 nitrogen and oxygen atoms in total. The van der Waals surface area contributed by atoms with Crippen LogP contribution in [0, 0.1) is 0 Å². The maximum absolute atomic E-state index is 12.9. The third kappa shape index (κ3) is 65.2. The predicted octanol–water partition coefficient (Wildman–Crippen LogP) is 24.6. The molecule has 0 aliphatic heterocycles. The first kappa shape index (κ1) is 76.4. The molecule has 0 aliphatic carbocycles. The Kier molecular flexibility index (Phi) is 66.5. The summed E-state index contributed by atoms with van der Waals surface area (Å²) >= 11 is 0. The Morgan fingerprint density at radius 2 is 0.346 bits per heavy atom. The van der Waals surface area contributed by atoms with E-state index in [9.17, 15) is 14.4 Å². The first-order chi connectivity index (χ1) is 38.5. The largest absolute Gasteiger partial charge is 0.462 e. The molecule has 0 amide bonds. The van der Waals surface area contributed by atoms with Crippen molar-refractivity contribution in [3.8, 4) is 0 Å². The van der Waals surface area contributed by atoms with Crippen LogP contribution in [0.5, 0.6) is 0 Å². The minimum atomic E-state index is -0.761. The van der Waals surface area contributed by atoms with Crippen LogP contribution in [-0.4, -0.2) is 37.2 Å². The molecule has 0 aromatic carbocycles. The summed E-state index contributed by atoms with van der Waals surface area (Å²) < 4.78 is 16.9. The van der Waals surface area contributed by atoms with Crippen LogP contribution in [0.1, 0.15) is 425 Å². The van der Waals surface area contributed by atoms with E-state index in [0.717, 1.165) is 57.8 Å². The summed E-state index contributed by atoms with van der Waals surface area (Å²) in [5.74, 6) is -0.837. The Bertz CT molecular complexity index is 1170. The molecule has 0 saturated heterocycles. The zero-order valence-electron chi connectivity index (χ0n) is 53.5. The Balaban J connectivity index is 3.90. The number of ether oxygens (including phenoxy) is 3. The Labute approximate surface area is 488 Å². The van der Waals surface area contributed by atoms with Crippen molar-refractivity contribution in [3.05, 3.63) is 0 Å². The molecule has 6 heteroatoms. The molecule has 1 unspecified atom stereocenters. The smallest absolute Gasteiger partial charge is 0.306 e. The second-order valence-electron chi connectivity index (χ2n) is 24.9. The van der Waals surface area contributed by atoms with Gasteiger partial charge in [-0.2, -0.15) is 0 Å². The van der Waals surface area contributed by atoms with Gasteiger partial charge in [0.2, 0.25) is 0 Å². The third-order valence-corrected chi connectivity index (χ3v) is 16.9. The van der Waals surface area contributed by atoms with Crippen LogP contribution in [0.25, 0.3) is 0 Å². The molecule has 0 radical (unpaired) electrons. The van der Waals surface area contributed by atoms with Crippen molar-refractivity contribution in [2.24, 2.45) is 0 Å². The molecule has 78 heavy (non-hydrogen) atoms. The molecule has 1 atom stereocenters. The zero-order chi connectivity index (χ0) is 56.4. The highest BCUT2D eigenvalue weighted by Crippen LogP contribution is 2.20. The van der Waals surface area contributed by atoms with E-state index in [2.05, 4.69) is 20.8 Å². The number of carbonyl (C=O) groups is 3. The van der Waals surface area contributed by atoms with Gasteiger partial charge in [-0.3, -0.25) is 14.4 Å². The van der Waals surface area contributed by atoms with Gasteiger partial charge in [-0.25, -0.2) is 0 Å². The van der Waals surface area contributed by atoms with Gasteiger partial charge in [-0.1, -0.05) is 387 Å². The number of hydrogen-bond acceptors (Lipinski definition) is 6. The van der Waals surface area contributed by atoms with E-state index in [4.69, 9.17) is 14.2 Å². The van der Waals surface area contributed by atoms with E-state index >= 15 is 0 Å². The van der Waals surface area contributed by atoms with Gasteiger partial charge in [-0.05, 0) is 19.3 Å². The van der Waals surface area contributed by atoms with Gasteiger partial charge in [0.1, 0.15) is 13.2 Å². The topological polar surface area (TPSA) is 78.9 Å². The maximum Gasteiger partial charge on any atom is 0.306 e. The SMILES string of the molecule is CCCCCCCCCCCCCCCCCCCCCCCCCCCCCCCCCCC(=O)OCC(COC(=O)CCCCCCCC)OC(=O)CCCCCCCCCCCCCCCCCCCCCCCC. The summed E-state index contributed by atoms with van der Waals surface area (Å²) in [5.41, 5.74) is 0. The van der Waals surface area contributed by atoms with Crippen LogP contribution in [0.2, 0.25) is 0 Å². The van der Waals surface area contributed by atoms with Gasteiger partial charge in [0.25, 0.3) is 0 Å². The summed E-state index contributed by atoms with van der Waals surface area (Å²) in [6.45, 7) is 6.67. The van der Waals surface area contributed by atoms with Crippen molar-refractivity contribution in [1.82, 2.24) is 0 Å². The van der Waals surface area contributed by atoms with Gasteiger partial charge in [0.15, 0.2) is 6.10 Å². The highest BCUT2D eigenvalue weighted by atomic mass is 16.6. The fraction of sp³-hybridized carbons (Fsp3) is 0.958. The number of hydrogen-bond donors (Lipinski definition) is 0. The van der Waals surface area contributed by atoms with Gasteiger partial charge in [-0.15, -0.1) is 0 Å². The molecular formula is C72H140O6. The van der Waals surface area contributed by atoms with Crippen LogP contribution >= 0.6 is 0 Å². The molecule has 0 spiro atoms. The number of unbranched alkanes of at least 4 members (excludes halogenated alkanes) is 57. The van der Waals surface area contributed by atoms with Crippen molar-refractivity contribution < 1.29 is 28.6 Å². The highest BCUT2D eigenvalue weighted by Gasteiger charge is 2.19. The standard InChI is InChI=1S/C72H140O6/c1-4-7-10-13-16-18-20-22-24-26-28-30-32-33-34-35-36-37-38-39-40-41-43-44-46-48-50-52-54-56-59-62-65-71(74)77-68-69(67-76-70(73)64-61-58-15-12-9-6-3)78-72(75)66-63-60-57-55-53-51-49-47-45-42-31-29-27-25-23-21-19-17-14-11-8-5-2/h69H,4-68H2,1-3H3. The van der Waals surface area contributed by atoms with Crippen LogP contribution in [0.3, 0.4) is 0 Å². The van der Waals surface area contributed by atoms with E-state index in [0.29, 0.717) is 19.3 Å². The lowest BCUT2D eigenvalue weighted by Gasteiger charge is -2.18. The summed E-state index contributed by atoms with van der Waals surface area (Å²) in [4.78, 5) is 38.1. The second-order valence-corrected chi connectivity index (χ2v) is 24.9. The molecule has 0 bridgehead atoms. The lowest BCUT2D eigenvalue weighted by molar-refractivity contribution is -0.167. The Morgan fingerprint density at radius 3 is 0.513 bits per heavy atom. The molecule has 0 aromatic heterocycles. The fourth-order valence-electron chi connectivity index (χ4n) is 11.5. The zero-order valence-corrected chi connectivity index (χ0v) is 53.5. The van der Waals surface area contributed by atoms with E-state index in [-0.39, 0.29) is 31.1 Å². The third-order valence-electron chi connectivity index (χ3n) is 16.9. The Hall–Kier alpha value is -1.59. The lowest BCUT2D eigenvalue weighted by atomic mass is 10.0. The molecule has 0 heterocycles. The summed E-state index contributed by atoms with van der Waals surface area (Å²) in [6.07, 6.45) is 80.5. The molecule has 0 saturated carbocycles. The number of esters is 3. The quantitative estimate of drug-likeness (QED) is 0.0343. The minimum absolute atomic E-state index is 0.0616. The van der Waals surface area contributed by atoms with E-state index in [1.54, 1.807) is 0 Å². The van der Waals surface area contributed by atoms with Crippen molar-refractivity contribution in [1.29, 1.82) is 0 Å². The van der Waals surface area contributed by atoms with Gasteiger partial charge >= 0.3 is 17.9 Å². The van der Waals surface area contributed by atoms with E-state index in [1.807, 2.05) is 0 Å². The molecular weight excluding hydrogens is 961 g/mol. The molecule has 0 aromatic rings. The average Bonchev–Trinajstić information content (AvgIpc) is 3.44. The lowest BCUT2D eigenvalue weighted by Crippen LogP contribution is -2.30. The predicted molar refractivity (Wildman–Crippen MR) is 340 cm³/mol. The molecule has 0 fully saturated rings. The monoisotopic (exact) mass is 1100 g/mol. The van der Waals surface area contributed by atoms with Crippen LogP contribution < -0.4 is 0 Å². The molecule has 0 N–H and O–H groups in total.